The molecule has 1 saturated heterocycles. The van der Waals surface area contributed by atoms with Crippen LogP contribution >= 0.6 is 0 Å². The van der Waals surface area contributed by atoms with Gasteiger partial charge in [-0.25, -0.2) is 8.42 Å². The molecule has 0 spiro atoms. The first-order chi connectivity index (χ1) is 10.0. The van der Waals surface area contributed by atoms with Gasteiger partial charge in [-0.05, 0) is 31.2 Å². The third-order valence-electron chi connectivity index (χ3n) is 3.58. The van der Waals surface area contributed by atoms with Gasteiger partial charge >= 0.3 is 0 Å². The number of sulfonamides is 1. The maximum atomic E-state index is 12.7. The molecule has 1 aliphatic rings. The lowest BCUT2D eigenvalue weighted by molar-refractivity contribution is -0.126. The predicted octanol–water partition coefficient (Wildman–Crippen LogP) is 0.305. The summed E-state index contributed by atoms with van der Waals surface area (Å²) in [6, 6.07) is 6.14. The van der Waals surface area contributed by atoms with Gasteiger partial charge in [0.15, 0.2) is 0 Å². The number of nitrogens with one attached hydrogen (secondary N) is 2. The summed E-state index contributed by atoms with van der Waals surface area (Å²) in [4.78, 5) is 12.1. The summed E-state index contributed by atoms with van der Waals surface area (Å²) in [7, 11) is -1.80. The van der Waals surface area contributed by atoms with Gasteiger partial charge in [0.2, 0.25) is 15.9 Å². The van der Waals surface area contributed by atoms with E-state index in [0.29, 0.717) is 26.1 Å². The number of hydrogen-bond donors (Lipinski definition) is 2. The first-order valence-corrected chi connectivity index (χ1v) is 8.47. The maximum Gasteiger partial charge on any atom is 0.243 e. The molecule has 1 atom stereocenters. The highest BCUT2D eigenvalue weighted by molar-refractivity contribution is 7.89. The fourth-order valence-electron chi connectivity index (χ4n) is 2.49. The molecule has 1 unspecified atom stereocenters. The molecule has 2 rings (SSSR count). The first kappa shape index (κ1) is 15.9. The van der Waals surface area contributed by atoms with Crippen LogP contribution in [0.25, 0.3) is 0 Å². The molecular weight excluding hydrogens is 290 g/mol. The van der Waals surface area contributed by atoms with E-state index < -0.39 is 16.1 Å². The summed E-state index contributed by atoms with van der Waals surface area (Å²) in [6.45, 7) is 3.16. The Balaban J connectivity index is 2.29. The van der Waals surface area contributed by atoms with E-state index in [1.165, 1.54) is 4.31 Å². The Morgan fingerprint density at radius 1 is 1.33 bits per heavy atom. The highest BCUT2D eigenvalue weighted by Crippen LogP contribution is 2.21. The average Bonchev–Trinajstić information content (AvgIpc) is 2.48. The van der Waals surface area contributed by atoms with Gasteiger partial charge in [0.1, 0.15) is 6.04 Å². The van der Waals surface area contributed by atoms with E-state index in [1.54, 1.807) is 24.3 Å². The monoisotopic (exact) mass is 311 g/mol. The first-order valence-electron chi connectivity index (χ1n) is 7.03. The lowest BCUT2D eigenvalue weighted by atomic mass is 10.2. The summed E-state index contributed by atoms with van der Waals surface area (Å²) in [5.41, 5.74) is 1.01. The third kappa shape index (κ3) is 3.25. The number of hydrogen-bond acceptors (Lipinski definition) is 4. The van der Waals surface area contributed by atoms with Crippen LogP contribution in [0, 0.1) is 0 Å². The average molecular weight is 311 g/mol. The Labute approximate surface area is 125 Å². The molecule has 2 N–H and O–H groups in total. The SMILES string of the molecule is CCC1C(=O)NCCN1S(=O)(=O)c1ccc(CNC)cc1. The topological polar surface area (TPSA) is 78.5 Å². The molecule has 1 aromatic rings. The smallest absolute Gasteiger partial charge is 0.243 e. The van der Waals surface area contributed by atoms with Crippen LogP contribution in [0.15, 0.2) is 29.2 Å². The molecule has 0 aliphatic carbocycles. The summed E-state index contributed by atoms with van der Waals surface area (Å²) in [5, 5.41) is 5.72. The van der Waals surface area contributed by atoms with Crippen molar-refractivity contribution in [2.75, 3.05) is 20.1 Å². The minimum absolute atomic E-state index is 0.223. The molecule has 1 aliphatic heterocycles. The second-order valence-electron chi connectivity index (χ2n) is 5.01. The quantitative estimate of drug-likeness (QED) is 0.820. The second kappa shape index (κ2) is 6.55. The Morgan fingerprint density at radius 2 is 2.00 bits per heavy atom. The highest BCUT2D eigenvalue weighted by Gasteiger charge is 2.37. The van der Waals surface area contributed by atoms with E-state index in [1.807, 2.05) is 14.0 Å². The largest absolute Gasteiger partial charge is 0.353 e. The summed E-state index contributed by atoms with van der Waals surface area (Å²) >= 11 is 0. The highest BCUT2D eigenvalue weighted by atomic mass is 32.2. The van der Waals surface area contributed by atoms with E-state index in [9.17, 15) is 13.2 Å². The molecule has 0 saturated carbocycles. The van der Waals surface area contributed by atoms with Crippen LogP contribution in [-0.4, -0.2) is 44.8 Å². The zero-order valence-electron chi connectivity index (χ0n) is 12.3. The second-order valence-corrected chi connectivity index (χ2v) is 6.90. The van der Waals surface area contributed by atoms with Crippen molar-refractivity contribution in [2.24, 2.45) is 0 Å². The van der Waals surface area contributed by atoms with Crippen molar-refractivity contribution in [3.63, 3.8) is 0 Å². The standard InChI is InChI=1S/C14H21N3O3S/c1-3-13-14(18)16-8-9-17(13)21(19,20)12-6-4-11(5-7-12)10-15-2/h4-7,13,15H,3,8-10H2,1-2H3,(H,16,18). The molecule has 1 heterocycles. The molecule has 0 bridgehead atoms. The third-order valence-corrected chi connectivity index (χ3v) is 5.50. The number of amides is 1. The number of piperazine rings is 1. The Bertz CT molecular complexity index is 598. The lowest BCUT2D eigenvalue weighted by Crippen LogP contribution is -2.56. The molecule has 1 amide bonds. The maximum absolute atomic E-state index is 12.7. The normalized spacial score (nSPS) is 20.3. The number of carbonyl (C=O) groups excluding carboxylic acids is 1. The molecule has 1 fully saturated rings. The number of rotatable bonds is 5. The Morgan fingerprint density at radius 3 is 2.57 bits per heavy atom. The lowest BCUT2D eigenvalue weighted by Gasteiger charge is -2.33. The molecule has 1 aromatic carbocycles. The van der Waals surface area contributed by atoms with Gasteiger partial charge in [0.25, 0.3) is 0 Å². The van der Waals surface area contributed by atoms with E-state index in [2.05, 4.69) is 10.6 Å². The van der Waals surface area contributed by atoms with Crippen LogP contribution in [0.5, 0.6) is 0 Å². The minimum Gasteiger partial charge on any atom is -0.353 e. The van der Waals surface area contributed by atoms with Crippen LogP contribution in [0.4, 0.5) is 0 Å². The number of benzene rings is 1. The van der Waals surface area contributed by atoms with Crippen LogP contribution in [0.1, 0.15) is 18.9 Å². The van der Waals surface area contributed by atoms with Gasteiger partial charge in [-0.15, -0.1) is 0 Å². The zero-order chi connectivity index (χ0) is 15.5. The summed E-state index contributed by atoms with van der Waals surface area (Å²) < 4.78 is 26.7. The fourth-order valence-corrected chi connectivity index (χ4v) is 4.15. The van der Waals surface area contributed by atoms with E-state index >= 15 is 0 Å². The Hall–Kier alpha value is -1.44. The van der Waals surface area contributed by atoms with Crippen LogP contribution in [-0.2, 0) is 21.4 Å². The van der Waals surface area contributed by atoms with E-state index in [4.69, 9.17) is 0 Å². The van der Waals surface area contributed by atoms with Crippen LogP contribution < -0.4 is 10.6 Å². The molecule has 0 radical (unpaired) electrons. The molecule has 6 nitrogen and oxygen atoms in total. The van der Waals surface area contributed by atoms with Crippen molar-refractivity contribution in [1.29, 1.82) is 0 Å². The van der Waals surface area contributed by atoms with E-state index in [-0.39, 0.29) is 10.8 Å². The molecule has 7 heteroatoms. The molecule has 21 heavy (non-hydrogen) atoms. The van der Waals surface area contributed by atoms with Gasteiger partial charge in [0.05, 0.1) is 4.90 Å². The van der Waals surface area contributed by atoms with Gasteiger partial charge in [0, 0.05) is 19.6 Å². The van der Waals surface area contributed by atoms with Gasteiger partial charge in [-0.3, -0.25) is 4.79 Å². The van der Waals surface area contributed by atoms with Crippen molar-refractivity contribution in [1.82, 2.24) is 14.9 Å². The summed E-state index contributed by atoms with van der Waals surface area (Å²) in [6.07, 6.45) is 0.461. The summed E-state index contributed by atoms with van der Waals surface area (Å²) in [5.74, 6) is -0.223. The fraction of sp³-hybridized carbons (Fsp3) is 0.500. The predicted molar refractivity (Wildman–Crippen MR) is 80.2 cm³/mol. The van der Waals surface area contributed by atoms with Gasteiger partial charge in [-0.2, -0.15) is 4.31 Å². The van der Waals surface area contributed by atoms with Crippen LogP contribution in [0.3, 0.4) is 0 Å². The number of nitrogens with zero attached hydrogens (tertiary/aromatic N) is 1. The van der Waals surface area contributed by atoms with Gasteiger partial charge in [-0.1, -0.05) is 19.1 Å². The van der Waals surface area contributed by atoms with E-state index in [0.717, 1.165) is 5.56 Å². The van der Waals surface area contributed by atoms with Crippen LogP contribution in [0.2, 0.25) is 0 Å². The van der Waals surface area contributed by atoms with Crippen molar-refractivity contribution in [3.05, 3.63) is 29.8 Å². The molecule has 116 valence electrons. The molecular formula is C14H21N3O3S. The van der Waals surface area contributed by atoms with Crippen molar-refractivity contribution >= 4 is 15.9 Å². The Kier molecular flexibility index (Phi) is 4.97. The van der Waals surface area contributed by atoms with Crippen molar-refractivity contribution < 1.29 is 13.2 Å². The number of carbonyl (C=O) groups is 1. The van der Waals surface area contributed by atoms with Crippen molar-refractivity contribution in [2.45, 2.75) is 30.8 Å². The van der Waals surface area contributed by atoms with Gasteiger partial charge < -0.3 is 10.6 Å². The van der Waals surface area contributed by atoms with Crippen molar-refractivity contribution in [3.8, 4) is 0 Å². The zero-order valence-corrected chi connectivity index (χ0v) is 13.1. The molecule has 0 aromatic heterocycles. The minimum atomic E-state index is -3.64.